The van der Waals surface area contributed by atoms with Crippen molar-refractivity contribution in [3.63, 3.8) is 0 Å². The van der Waals surface area contributed by atoms with Gasteiger partial charge in [0.05, 0.1) is 5.71 Å². The first kappa shape index (κ1) is 12.5. The van der Waals surface area contributed by atoms with Gasteiger partial charge in [-0.1, -0.05) is 0 Å². The molecule has 0 unspecified atom stereocenters. The Balaban J connectivity index is 2.83. The molecule has 0 aliphatic rings. The van der Waals surface area contributed by atoms with Crippen molar-refractivity contribution in [3.05, 3.63) is 35.4 Å². The van der Waals surface area contributed by atoms with Gasteiger partial charge in [-0.2, -0.15) is 5.10 Å². The molecule has 0 heterocycles. The van der Waals surface area contributed by atoms with Crippen LogP contribution in [0.25, 0.3) is 0 Å². The molecule has 3 nitrogen and oxygen atoms in total. The molecule has 1 aromatic rings. The molecule has 0 atom stereocenters. The Labute approximate surface area is 97.5 Å². The molecular weight excluding hydrogens is 232 g/mol. The van der Waals surface area contributed by atoms with Crippen LogP contribution in [0.5, 0.6) is 0 Å². The predicted molar refractivity (Wildman–Crippen MR) is 63.4 cm³/mol. The zero-order valence-corrected chi connectivity index (χ0v) is 9.66. The summed E-state index contributed by atoms with van der Waals surface area (Å²) >= 11 is 4.81. The van der Waals surface area contributed by atoms with Crippen LogP contribution in [0.15, 0.2) is 23.3 Å². The summed E-state index contributed by atoms with van der Waals surface area (Å²) in [5, 5.41) is 6.93. The molecule has 1 rings (SSSR count). The van der Waals surface area contributed by atoms with Crippen molar-refractivity contribution >= 4 is 23.0 Å². The Morgan fingerprint density at radius 1 is 1.31 bits per heavy atom. The number of thiocarbonyl (C=S) groups is 1. The summed E-state index contributed by atoms with van der Waals surface area (Å²) in [7, 11) is 1.65. The SMILES string of the molecule is CNC(=S)N/N=C(\C)c1ccc(F)c(F)c1. The van der Waals surface area contributed by atoms with Crippen molar-refractivity contribution in [1.82, 2.24) is 10.7 Å². The van der Waals surface area contributed by atoms with Crippen LogP contribution in [0.2, 0.25) is 0 Å². The standard InChI is InChI=1S/C10H11F2N3S/c1-6(14-15-10(16)13-2)7-3-4-8(11)9(12)5-7/h3-5H,1-2H3,(H2,13,15,16)/b14-6+. The van der Waals surface area contributed by atoms with Crippen LogP contribution in [0.1, 0.15) is 12.5 Å². The van der Waals surface area contributed by atoms with Crippen molar-refractivity contribution in [3.8, 4) is 0 Å². The van der Waals surface area contributed by atoms with E-state index >= 15 is 0 Å². The van der Waals surface area contributed by atoms with E-state index in [2.05, 4.69) is 15.8 Å². The molecule has 0 fully saturated rings. The average molecular weight is 243 g/mol. The highest BCUT2D eigenvalue weighted by molar-refractivity contribution is 7.80. The molecule has 1 aromatic carbocycles. The van der Waals surface area contributed by atoms with Gasteiger partial charge in [-0.3, -0.25) is 5.43 Å². The van der Waals surface area contributed by atoms with Crippen LogP contribution in [-0.2, 0) is 0 Å². The number of halogens is 2. The molecule has 0 aliphatic carbocycles. The highest BCUT2D eigenvalue weighted by Gasteiger charge is 2.04. The molecule has 0 bridgehead atoms. The minimum Gasteiger partial charge on any atom is -0.364 e. The van der Waals surface area contributed by atoms with E-state index in [1.165, 1.54) is 6.07 Å². The van der Waals surface area contributed by atoms with Gasteiger partial charge in [0.15, 0.2) is 16.7 Å². The molecular formula is C10H11F2N3S. The second-order valence-electron chi connectivity index (χ2n) is 3.02. The maximum absolute atomic E-state index is 12.9. The first-order chi connectivity index (χ1) is 7.54. The monoisotopic (exact) mass is 243 g/mol. The zero-order chi connectivity index (χ0) is 12.1. The third-order valence-electron chi connectivity index (χ3n) is 1.89. The lowest BCUT2D eigenvalue weighted by Crippen LogP contribution is -2.29. The Morgan fingerprint density at radius 3 is 2.56 bits per heavy atom. The van der Waals surface area contributed by atoms with E-state index < -0.39 is 11.6 Å². The molecule has 0 saturated carbocycles. The van der Waals surface area contributed by atoms with Gasteiger partial charge in [0.25, 0.3) is 0 Å². The summed E-state index contributed by atoms with van der Waals surface area (Å²) in [5.74, 6) is -1.78. The van der Waals surface area contributed by atoms with E-state index in [9.17, 15) is 8.78 Å². The highest BCUT2D eigenvalue weighted by Crippen LogP contribution is 2.09. The second-order valence-corrected chi connectivity index (χ2v) is 3.43. The summed E-state index contributed by atoms with van der Waals surface area (Å²) in [5.41, 5.74) is 3.56. The molecule has 6 heteroatoms. The average Bonchev–Trinajstić information content (AvgIpc) is 2.29. The van der Waals surface area contributed by atoms with Crippen molar-refractivity contribution in [2.45, 2.75) is 6.92 Å². The van der Waals surface area contributed by atoms with E-state index in [0.717, 1.165) is 12.1 Å². The fourth-order valence-electron chi connectivity index (χ4n) is 0.976. The quantitative estimate of drug-likeness (QED) is 0.472. The molecule has 0 saturated heterocycles. The summed E-state index contributed by atoms with van der Waals surface area (Å²) in [6.07, 6.45) is 0. The van der Waals surface area contributed by atoms with E-state index in [1.807, 2.05) is 0 Å². The molecule has 2 N–H and O–H groups in total. The number of rotatable bonds is 2. The van der Waals surface area contributed by atoms with Gasteiger partial charge in [-0.25, -0.2) is 8.78 Å². The summed E-state index contributed by atoms with van der Waals surface area (Å²) in [6, 6.07) is 3.58. The molecule has 0 radical (unpaired) electrons. The van der Waals surface area contributed by atoms with Gasteiger partial charge in [-0.05, 0) is 37.3 Å². The van der Waals surface area contributed by atoms with Crippen LogP contribution >= 0.6 is 12.2 Å². The minimum atomic E-state index is -0.900. The molecule has 0 aromatic heterocycles. The van der Waals surface area contributed by atoms with Gasteiger partial charge in [-0.15, -0.1) is 0 Å². The Hall–Kier alpha value is -1.56. The largest absolute Gasteiger partial charge is 0.364 e. The number of benzene rings is 1. The minimum absolute atomic E-state index is 0.349. The second kappa shape index (κ2) is 5.50. The number of hydrogen-bond acceptors (Lipinski definition) is 2. The highest BCUT2D eigenvalue weighted by atomic mass is 32.1. The van der Waals surface area contributed by atoms with Crippen molar-refractivity contribution in [2.24, 2.45) is 5.10 Å². The zero-order valence-electron chi connectivity index (χ0n) is 8.84. The third kappa shape index (κ3) is 3.23. The smallest absolute Gasteiger partial charge is 0.186 e. The lowest BCUT2D eigenvalue weighted by Gasteiger charge is -2.04. The third-order valence-corrected chi connectivity index (χ3v) is 2.19. The fourth-order valence-corrected chi connectivity index (χ4v) is 1.02. The van der Waals surface area contributed by atoms with Crippen LogP contribution < -0.4 is 10.7 Å². The summed E-state index contributed by atoms with van der Waals surface area (Å²) < 4.78 is 25.6. The van der Waals surface area contributed by atoms with Crippen LogP contribution in [0.4, 0.5) is 8.78 Å². The lowest BCUT2D eigenvalue weighted by molar-refractivity contribution is 0.508. The van der Waals surface area contributed by atoms with Gasteiger partial charge in [0.2, 0.25) is 0 Å². The van der Waals surface area contributed by atoms with Gasteiger partial charge < -0.3 is 5.32 Å². The van der Waals surface area contributed by atoms with Gasteiger partial charge >= 0.3 is 0 Å². The Kier molecular flexibility index (Phi) is 4.30. The van der Waals surface area contributed by atoms with E-state index in [4.69, 9.17) is 12.2 Å². The number of hydrazone groups is 1. The van der Waals surface area contributed by atoms with Crippen LogP contribution in [-0.4, -0.2) is 17.9 Å². The first-order valence-electron chi connectivity index (χ1n) is 4.52. The predicted octanol–water partition coefficient (Wildman–Crippen LogP) is 1.78. The number of nitrogens with zero attached hydrogens (tertiary/aromatic N) is 1. The lowest BCUT2D eigenvalue weighted by atomic mass is 10.1. The van der Waals surface area contributed by atoms with Crippen molar-refractivity contribution < 1.29 is 8.78 Å². The van der Waals surface area contributed by atoms with E-state index in [-0.39, 0.29) is 0 Å². The topological polar surface area (TPSA) is 36.4 Å². The van der Waals surface area contributed by atoms with Crippen LogP contribution in [0.3, 0.4) is 0 Å². The maximum Gasteiger partial charge on any atom is 0.186 e. The molecule has 0 aliphatic heterocycles. The van der Waals surface area contributed by atoms with Gasteiger partial charge in [0.1, 0.15) is 0 Å². The Bertz CT molecular complexity index is 432. The molecule has 86 valence electrons. The molecule has 0 amide bonds. The normalized spacial score (nSPS) is 11.1. The van der Waals surface area contributed by atoms with Crippen molar-refractivity contribution in [2.75, 3.05) is 7.05 Å². The summed E-state index contributed by atoms with van der Waals surface area (Å²) in [6.45, 7) is 1.66. The maximum atomic E-state index is 12.9. The molecule has 0 spiro atoms. The first-order valence-corrected chi connectivity index (χ1v) is 4.93. The number of nitrogens with one attached hydrogen (secondary N) is 2. The van der Waals surface area contributed by atoms with Crippen molar-refractivity contribution in [1.29, 1.82) is 0 Å². The molecule has 16 heavy (non-hydrogen) atoms. The van der Waals surface area contributed by atoms with E-state index in [0.29, 0.717) is 16.4 Å². The van der Waals surface area contributed by atoms with Crippen LogP contribution in [0, 0.1) is 11.6 Å². The summed E-state index contributed by atoms with van der Waals surface area (Å²) in [4.78, 5) is 0. The number of hydrogen-bond donors (Lipinski definition) is 2. The Morgan fingerprint density at radius 2 is 2.00 bits per heavy atom. The fraction of sp³-hybridized carbons (Fsp3) is 0.200. The van der Waals surface area contributed by atoms with Gasteiger partial charge in [0, 0.05) is 12.6 Å². The van der Waals surface area contributed by atoms with E-state index in [1.54, 1.807) is 14.0 Å².